The molecule has 1 aromatic carbocycles. The van der Waals surface area contributed by atoms with Gasteiger partial charge in [0.1, 0.15) is 17.6 Å². The Morgan fingerprint density at radius 2 is 2.14 bits per heavy atom. The summed E-state index contributed by atoms with van der Waals surface area (Å²) in [4.78, 5) is 44.3. The topological polar surface area (TPSA) is 96.4 Å². The summed E-state index contributed by atoms with van der Waals surface area (Å²) in [5, 5.41) is 9.91. The molecule has 2 amide bonds. The summed E-state index contributed by atoms with van der Waals surface area (Å²) in [6.45, 7) is 9.63. The average Bonchev–Trinajstić information content (AvgIpc) is 3.37. The zero-order valence-electron chi connectivity index (χ0n) is 20.5. The molecule has 1 aromatic rings. The van der Waals surface area contributed by atoms with Gasteiger partial charge in [0.15, 0.2) is 0 Å². The van der Waals surface area contributed by atoms with Gasteiger partial charge in [0.2, 0.25) is 5.91 Å². The smallest absolute Gasteiger partial charge is 0.312 e. The van der Waals surface area contributed by atoms with Gasteiger partial charge >= 0.3 is 5.97 Å². The van der Waals surface area contributed by atoms with Gasteiger partial charge in [0.05, 0.1) is 28.8 Å². The number of hydrogen-bond donors (Lipinski definition) is 1. The largest absolute Gasteiger partial charge is 0.466 e. The molecule has 9 heteroatoms. The van der Waals surface area contributed by atoms with Gasteiger partial charge in [0, 0.05) is 19.7 Å². The molecule has 0 aliphatic carbocycles. The van der Waals surface area contributed by atoms with Crippen LogP contribution in [0.15, 0.2) is 30.9 Å². The van der Waals surface area contributed by atoms with Crippen molar-refractivity contribution < 1.29 is 29.0 Å². The monoisotopic (exact) mass is 504 g/mol. The molecule has 0 saturated carbocycles. The van der Waals surface area contributed by atoms with Crippen molar-refractivity contribution in [2.75, 3.05) is 31.2 Å². The number of rotatable bonds is 9. The number of esters is 1. The number of nitrogens with zero attached hydrogens (tertiary/aromatic N) is 2. The number of halogens is 1. The minimum Gasteiger partial charge on any atom is -0.466 e. The predicted octanol–water partition coefficient (Wildman–Crippen LogP) is 2.88. The second-order valence-electron chi connectivity index (χ2n) is 9.73. The molecule has 8 nitrogen and oxygen atoms in total. The number of carbonyl (C=O) groups excluding carboxylic acids is 3. The highest BCUT2D eigenvalue weighted by atomic mass is 35.5. The molecular weight excluding hydrogens is 472 g/mol. The zero-order valence-corrected chi connectivity index (χ0v) is 21.2. The first kappa shape index (κ1) is 25.7. The Morgan fingerprint density at radius 3 is 2.77 bits per heavy atom. The lowest BCUT2D eigenvalue weighted by Gasteiger charge is -2.37. The maximum absolute atomic E-state index is 14.4. The number of hydrogen-bond acceptors (Lipinski definition) is 6. The van der Waals surface area contributed by atoms with Crippen LogP contribution in [0.3, 0.4) is 0 Å². The zero-order chi connectivity index (χ0) is 25.5. The number of anilines is 1. The van der Waals surface area contributed by atoms with Crippen molar-refractivity contribution in [3.05, 3.63) is 41.4 Å². The van der Waals surface area contributed by atoms with Crippen molar-refractivity contribution in [1.29, 1.82) is 0 Å². The third-order valence-corrected chi connectivity index (χ3v) is 7.95. The number of aryl methyl sites for hydroxylation is 1. The van der Waals surface area contributed by atoms with E-state index < -0.39 is 35.0 Å². The van der Waals surface area contributed by atoms with Crippen LogP contribution in [0, 0.1) is 18.8 Å². The lowest BCUT2D eigenvalue weighted by Crippen LogP contribution is -2.56. The molecule has 3 saturated heterocycles. The highest BCUT2D eigenvalue weighted by Crippen LogP contribution is 2.63. The number of ether oxygens (including phenoxy) is 2. The van der Waals surface area contributed by atoms with E-state index in [4.69, 9.17) is 21.1 Å². The van der Waals surface area contributed by atoms with Crippen molar-refractivity contribution in [3.63, 3.8) is 0 Å². The highest BCUT2D eigenvalue weighted by Gasteiger charge is 2.78. The quantitative estimate of drug-likeness (QED) is 0.410. The Morgan fingerprint density at radius 1 is 1.40 bits per heavy atom. The third-order valence-electron chi connectivity index (χ3n) is 7.64. The van der Waals surface area contributed by atoms with E-state index in [0.29, 0.717) is 30.0 Å². The number of fused-ring (bicyclic) bond motifs is 1. The maximum atomic E-state index is 14.4. The van der Waals surface area contributed by atoms with Crippen LogP contribution in [-0.4, -0.2) is 71.3 Å². The van der Waals surface area contributed by atoms with Crippen molar-refractivity contribution in [1.82, 2.24) is 4.90 Å². The van der Waals surface area contributed by atoms with E-state index in [0.717, 1.165) is 5.56 Å². The second kappa shape index (κ2) is 9.56. The second-order valence-corrected chi connectivity index (χ2v) is 10.1. The highest BCUT2D eigenvalue weighted by molar-refractivity contribution is 6.34. The van der Waals surface area contributed by atoms with Crippen molar-refractivity contribution in [2.24, 2.45) is 11.8 Å². The van der Waals surface area contributed by atoms with Gasteiger partial charge in [-0.05, 0) is 51.7 Å². The van der Waals surface area contributed by atoms with E-state index >= 15 is 0 Å². The van der Waals surface area contributed by atoms with E-state index in [9.17, 15) is 19.5 Å². The molecule has 2 bridgehead atoms. The molecule has 3 heterocycles. The van der Waals surface area contributed by atoms with Crippen LogP contribution in [0.2, 0.25) is 5.02 Å². The molecule has 4 rings (SSSR count). The number of para-hydroxylation sites is 1. The van der Waals surface area contributed by atoms with Gasteiger partial charge in [-0.3, -0.25) is 14.4 Å². The summed E-state index contributed by atoms with van der Waals surface area (Å²) < 4.78 is 11.9. The van der Waals surface area contributed by atoms with Gasteiger partial charge < -0.3 is 24.4 Å². The fraction of sp³-hybridized carbons (Fsp3) is 0.577. The average molecular weight is 505 g/mol. The van der Waals surface area contributed by atoms with E-state index in [2.05, 4.69) is 6.58 Å². The van der Waals surface area contributed by atoms with Crippen LogP contribution in [0.25, 0.3) is 0 Å². The SMILES string of the molecule is C=CCN(C(=O)C1N(CCCO)C(=O)[C@@H]2[C@@H](C(=O)OCC)[C@@]3(C)CCC12O3)c1c(C)cccc1Cl. The Balaban J connectivity index is 1.83. The molecule has 3 aliphatic rings. The number of aliphatic hydroxyl groups is 1. The van der Waals surface area contributed by atoms with Crippen molar-refractivity contribution in [3.8, 4) is 0 Å². The molecule has 1 N–H and O–H groups in total. The van der Waals surface area contributed by atoms with Crippen molar-refractivity contribution in [2.45, 2.75) is 57.3 Å². The number of amides is 2. The van der Waals surface area contributed by atoms with Gasteiger partial charge in [-0.1, -0.05) is 29.8 Å². The first-order valence-electron chi connectivity index (χ1n) is 12.1. The Labute approximate surface area is 210 Å². The summed E-state index contributed by atoms with van der Waals surface area (Å²) in [5.74, 6) is -2.76. The predicted molar refractivity (Wildman–Crippen MR) is 131 cm³/mol. The summed E-state index contributed by atoms with van der Waals surface area (Å²) >= 11 is 6.53. The van der Waals surface area contributed by atoms with Crippen molar-refractivity contribution >= 4 is 35.1 Å². The van der Waals surface area contributed by atoms with Crippen LogP contribution in [0.1, 0.15) is 38.7 Å². The molecule has 1 spiro atoms. The van der Waals surface area contributed by atoms with Gasteiger partial charge in [-0.2, -0.15) is 0 Å². The molecule has 3 aliphatic heterocycles. The first-order chi connectivity index (χ1) is 16.7. The van der Waals surface area contributed by atoms with Crippen LogP contribution in [0.4, 0.5) is 5.69 Å². The Hall–Kier alpha value is -2.42. The van der Waals surface area contributed by atoms with Gasteiger partial charge in [-0.25, -0.2) is 0 Å². The molecule has 5 atom stereocenters. The first-order valence-corrected chi connectivity index (χ1v) is 12.5. The van der Waals surface area contributed by atoms with Crippen LogP contribution >= 0.6 is 11.6 Å². The van der Waals surface area contributed by atoms with Crippen LogP contribution < -0.4 is 4.90 Å². The lowest BCUT2D eigenvalue weighted by atomic mass is 9.66. The number of likely N-dealkylation sites (tertiary alicyclic amines) is 1. The standard InChI is InChI=1S/C26H33ClN2O6/c1-5-13-28(20-16(3)9-7-10-17(20)27)23(32)21-26-12-11-25(4,35-26)19(24(33)34-6-2)18(26)22(31)29(21)14-8-15-30/h5,7,9-10,18-19,21,30H,1,6,8,11-15H2,2-4H3/t18-,19-,21?,25+,26?/m0/s1. The van der Waals surface area contributed by atoms with Crippen LogP contribution in [0.5, 0.6) is 0 Å². The van der Waals surface area contributed by atoms with Gasteiger partial charge in [0.25, 0.3) is 5.91 Å². The number of aliphatic hydroxyl groups excluding tert-OH is 1. The summed E-state index contributed by atoms with van der Waals surface area (Å²) in [5.41, 5.74) is -0.697. The number of carbonyl (C=O) groups is 3. The van der Waals surface area contributed by atoms with E-state index in [-0.39, 0.29) is 38.1 Å². The summed E-state index contributed by atoms with van der Waals surface area (Å²) in [6, 6.07) is 4.42. The fourth-order valence-corrected chi connectivity index (χ4v) is 6.63. The normalized spacial score (nSPS) is 30.9. The third kappa shape index (κ3) is 3.86. The molecule has 0 aromatic heterocycles. The number of benzene rings is 1. The lowest BCUT2D eigenvalue weighted by molar-refractivity contribution is -0.159. The molecule has 190 valence electrons. The molecule has 2 unspecified atom stereocenters. The molecular formula is C26H33ClN2O6. The molecule has 0 radical (unpaired) electrons. The Kier molecular flexibility index (Phi) is 7.01. The van der Waals surface area contributed by atoms with E-state index in [1.165, 1.54) is 4.90 Å². The fourth-order valence-electron chi connectivity index (χ4n) is 6.31. The summed E-state index contributed by atoms with van der Waals surface area (Å²) in [6.07, 6.45) is 2.91. The molecule has 35 heavy (non-hydrogen) atoms. The minimum atomic E-state index is -1.16. The van der Waals surface area contributed by atoms with E-state index in [1.54, 1.807) is 24.0 Å². The molecule has 3 fully saturated rings. The Bertz CT molecular complexity index is 1030. The van der Waals surface area contributed by atoms with E-state index in [1.807, 2.05) is 26.0 Å². The van der Waals surface area contributed by atoms with Crippen LogP contribution in [-0.2, 0) is 23.9 Å². The summed E-state index contributed by atoms with van der Waals surface area (Å²) in [7, 11) is 0. The van der Waals surface area contributed by atoms with Gasteiger partial charge in [-0.15, -0.1) is 6.58 Å². The maximum Gasteiger partial charge on any atom is 0.312 e. The minimum absolute atomic E-state index is 0.137.